The number of pyridine rings is 1. The van der Waals surface area contributed by atoms with Crippen molar-refractivity contribution in [3.8, 4) is 0 Å². The normalized spacial score (nSPS) is 13.2. The number of nitrogens with two attached hydrogens (primary N) is 3. The third kappa shape index (κ3) is 20.3. The van der Waals surface area contributed by atoms with Crippen LogP contribution < -0.4 is 49.1 Å². The molecule has 0 saturated heterocycles. The van der Waals surface area contributed by atoms with Gasteiger partial charge in [-0.1, -0.05) is 25.0 Å². The predicted octanol–water partition coefficient (Wildman–Crippen LogP) is -1.81. The predicted molar refractivity (Wildman–Crippen MR) is 195 cm³/mol. The Morgan fingerprint density at radius 2 is 1.46 bits per heavy atom. The van der Waals surface area contributed by atoms with Gasteiger partial charge in [0.2, 0.25) is 23.6 Å². The van der Waals surface area contributed by atoms with Gasteiger partial charge in [0.15, 0.2) is 11.8 Å². The van der Waals surface area contributed by atoms with E-state index in [0.717, 1.165) is 0 Å². The zero-order chi connectivity index (χ0) is 40.5. The fourth-order valence-corrected chi connectivity index (χ4v) is 4.67. The Bertz CT molecular complexity index is 1440. The number of aromatic nitrogens is 1. The zero-order valence-corrected chi connectivity index (χ0v) is 30.5. The molecule has 22 nitrogen and oxygen atoms in total. The third-order valence-corrected chi connectivity index (χ3v) is 7.45. The van der Waals surface area contributed by atoms with Gasteiger partial charge in [-0.2, -0.15) is 0 Å². The number of carbonyl (C=O) groups excluding carboxylic acids is 5. The smallest absolute Gasteiger partial charge is 0.359 e. The molecule has 1 rings (SSSR count). The number of carboxylic acid groups (broad SMARTS) is 2. The molecule has 54 heavy (non-hydrogen) atoms. The quantitative estimate of drug-likeness (QED) is 0.0215. The van der Waals surface area contributed by atoms with Gasteiger partial charge >= 0.3 is 18.0 Å². The number of carbonyl (C=O) groups is 7. The number of azo groups is 1. The van der Waals surface area contributed by atoms with Gasteiger partial charge in [-0.25, -0.2) is 14.6 Å². The zero-order valence-electron chi connectivity index (χ0n) is 30.5. The van der Waals surface area contributed by atoms with Crippen molar-refractivity contribution in [3.63, 3.8) is 0 Å². The standard InChI is InChI=1S/C32H53N13O9/c1-19(2)26(29(51)42-21(30(52)53)10-7-15-38-31(34)35)43-27(49)20(41-28(50)22(17-25(47)48)40-24(46)18-33)9-3-5-12-36-13-8-16-39-32(54)45-44-23-11-4-6-14-37-23/h4,6,11,14,19-22,26,36H,3,5,7-10,12-13,15-18,33H2,1-2H3,(H,39,54)(H,40,46)(H,41,50)(H,42,51)(H,43,49)(H,47,48)(H,52,53)(H4,34,35,38)/b45-44+/t20-,21-,22-,26+/m0/s1. The lowest BCUT2D eigenvalue weighted by Gasteiger charge is -2.27. The highest BCUT2D eigenvalue weighted by Gasteiger charge is 2.33. The summed E-state index contributed by atoms with van der Waals surface area (Å²) in [6.45, 7) is 4.24. The maximum absolute atomic E-state index is 13.6. The summed E-state index contributed by atoms with van der Waals surface area (Å²) >= 11 is 0. The number of hydrogen-bond donors (Lipinski definition) is 11. The van der Waals surface area contributed by atoms with Crippen molar-refractivity contribution in [2.24, 2.45) is 38.3 Å². The van der Waals surface area contributed by atoms with Crippen LogP contribution in [0.5, 0.6) is 0 Å². The van der Waals surface area contributed by atoms with E-state index in [1.807, 2.05) is 0 Å². The molecule has 14 N–H and O–H groups in total. The maximum atomic E-state index is 13.6. The largest absolute Gasteiger partial charge is 0.481 e. The lowest BCUT2D eigenvalue weighted by molar-refractivity contribution is -0.142. The molecule has 0 saturated carbocycles. The second-order valence-corrected chi connectivity index (χ2v) is 12.3. The molecule has 0 fully saturated rings. The molecule has 0 aromatic carbocycles. The third-order valence-electron chi connectivity index (χ3n) is 7.45. The fourth-order valence-electron chi connectivity index (χ4n) is 4.67. The van der Waals surface area contributed by atoms with E-state index < -0.39 is 84.6 Å². The Morgan fingerprint density at radius 1 is 0.796 bits per heavy atom. The van der Waals surface area contributed by atoms with Crippen LogP contribution in [0.2, 0.25) is 0 Å². The number of guanidine groups is 1. The van der Waals surface area contributed by atoms with Gasteiger partial charge in [-0.05, 0) is 69.7 Å². The summed E-state index contributed by atoms with van der Waals surface area (Å²) in [6, 6.07) is -0.942. The molecule has 6 amide bonds. The molecule has 0 spiro atoms. The molecule has 0 aliphatic carbocycles. The number of urea groups is 1. The minimum absolute atomic E-state index is 0.00381. The molecule has 0 aliphatic heterocycles. The molecule has 0 aliphatic rings. The van der Waals surface area contributed by atoms with E-state index >= 15 is 0 Å². The Balaban J connectivity index is 2.86. The first-order valence-electron chi connectivity index (χ1n) is 17.4. The van der Waals surface area contributed by atoms with Crippen molar-refractivity contribution >= 4 is 53.4 Å². The summed E-state index contributed by atoms with van der Waals surface area (Å²) in [7, 11) is 0. The average molecular weight is 764 g/mol. The minimum atomic E-state index is -1.55. The summed E-state index contributed by atoms with van der Waals surface area (Å²) in [6.07, 6.45) is 2.50. The van der Waals surface area contributed by atoms with E-state index in [-0.39, 0.29) is 31.8 Å². The van der Waals surface area contributed by atoms with Gasteiger partial charge in [0, 0.05) is 19.3 Å². The first-order chi connectivity index (χ1) is 25.6. The highest BCUT2D eigenvalue weighted by atomic mass is 16.4. The number of unbranched alkanes of at least 4 members (excludes halogenated alkanes) is 1. The molecule has 1 heterocycles. The lowest BCUT2D eigenvalue weighted by atomic mass is 10.0. The first-order valence-corrected chi connectivity index (χ1v) is 17.4. The average Bonchev–Trinajstić information content (AvgIpc) is 3.12. The number of hydrogen-bond acceptors (Lipinski definition) is 12. The molecule has 4 atom stereocenters. The summed E-state index contributed by atoms with van der Waals surface area (Å²) in [5.41, 5.74) is 15.9. The Kier molecular flexibility index (Phi) is 22.3. The summed E-state index contributed by atoms with van der Waals surface area (Å²) in [4.78, 5) is 94.7. The van der Waals surface area contributed by atoms with Crippen LogP contribution in [0.1, 0.15) is 58.8 Å². The van der Waals surface area contributed by atoms with Crippen LogP contribution >= 0.6 is 0 Å². The Morgan fingerprint density at radius 3 is 2.07 bits per heavy atom. The fraction of sp³-hybridized carbons (Fsp3) is 0.594. The van der Waals surface area contributed by atoms with Crippen molar-refractivity contribution < 1.29 is 43.8 Å². The summed E-state index contributed by atoms with van der Waals surface area (Å²) in [5, 5.41) is 41.7. The number of aliphatic imine (C=N–C) groups is 1. The number of nitrogens with one attached hydrogen (secondary N) is 6. The van der Waals surface area contributed by atoms with Crippen molar-refractivity contribution in [1.82, 2.24) is 36.9 Å². The SMILES string of the molecule is CC(C)[C@@H](NC(=O)[C@H](CCCCNCCCNC(=O)/N=N/c1ccccn1)NC(=O)[C@H](CC(=O)O)NC(=O)CN)C(=O)N[C@@H](CCCN=C(N)N)C(=O)O. The number of nitrogens with zero attached hydrogens (tertiary/aromatic N) is 4. The van der Waals surface area contributed by atoms with Crippen LogP contribution in [0, 0.1) is 5.92 Å². The van der Waals surface area contributed by atoms with E-state index in [1.165, 1.54) is 6.20 Å². The molecule has 22 heteroatoms. The van der Waals surface area contributed by atoms with Crippen LogP contribution in [0.4, 0.5) is 10.6 Å². The molecule has 0 bridgehead atoms. The number of amides is 6. The van der Waals surface area contributed by atoms with E-state index in [1.54, 1.807) is 32.0 Å². The summed E-state index contributed by atoms with van der Waals surface area (Å²) in [5.74, 6) is -6.42. The molecular weight excluding hydrogens is 710 g/mol. The molecule has 0 unspecified atom stereocenters. The van der Waals surface area contributed by atoms with Crippen LogP contribution in [0.3, 0.4) is 0 Å². The highest BCUT2D eigenvalue weighted by molar-refractivity contribution is 5.96. The van der Waals surface area contributed by atoms with Gasteiger partial charge in [0.05, 0.1) is 13.0 Å². The van der Waals surface area contributed by atoms with Crippen LogP contribution in [0.25, 0.3) is 0 Å². The first kappa shape index (κ1) is 46.3. The van der Waals surface area contributed by atoms with Crippen LogP contribution in [-0.2, 0) is 28.8 Å². The van der Waals surface area contributed by atoms with E-state index in [9.17, 15) is 43.8 Å². The van der Waals surface area contributed by atoms with Crippen molar-refractivity contribution in [3.05, 3.63) is 24.4 Å². The lowest BCUT2D eigenvalue weighted by Crippen LogP contribution is -2.59. The van der Waals surface area contributed by atoms with Crippen molar-refractivity contribution in [2.75, 3.05) is 32.7 Å². The van der Waals surface area contributed by atoms with Gasteiger partial charge < -0.3 is 59.3 Å². The maximum Gasteiger partial charge on any atom is 0.359 e. The van der Waals surface area contributed by atoms with Gasteiger partial charge in [0.25, 0.3) is 0 Å². The molecule has 300 valence electrons. The van der Waals surface area contributed by atoms with E-state index in [0.29, 0.717) is 44.7 Å². The van der Waals surface area contributed by atoms with E-state index in [2.05, 4.69) is 52.1 Å². The van der Waals surface area contributed by atoms with Gasteiger partial charge in [-0.15, -0.1) is 5.11 Å². The number of aliphatic carboxylic acids is 2. The highest BCUT2D eigenvalue weighted by Crippen LogP contribution is 2.09. The molecule has 1 aromatic heterocycles. The second kappa shape index (κ2) is 26.1. The Labute approximate surface area is 312 Å². The topological polar surface area (TPSA) is 360 Å². The number of rotatable bonds is 26. The summed E-state index contributed by atoms with van der Waals surface area (Å²) < 4.78 is 0. The van der Waals surface area contributed by atoms with Crippen LogP contribution in [0.15, 0.2) is 39.6 Å². The second-order valence-electron chi connectivity index (χ2n) is 12.3. The van der Waals surface area contributed by atoms with Gasteiger partial charge in [-0.3, -0.25) is 29.0 Å². The molecule has 1 aromatic rings. The van der Waals surface area contributed by atoms with Crippen molar-refractivity contribution in [2.45, 2.75) is 83.0 Å². The minimum Gasteiger partial charge on any atom is -0.481 e. The van der Waals surface area contributed by atoms with Crippen LogP contribution in [-0.4, -0.2) is 120 Å². The van der Waals surface area contributed by atoms with Gasteiger partial charge in [0.1, 0.15) is 24.2 Å². The van der Waals surface area contributed by atoms with Crippen molar-refractivity contribution in [1.29, 1.82) is 0 Å². The number of carboxylic acids is 2. The monoisotopic (exact) mass is 763 g/mol. The molecular formula is C32H53N13O9. The molecule has 0 radical (unpaired) electrons. The Hall–Kier alpha value is -5.77. The van der Waals surface area contributed by atoms with E-state index in [4.69, 9.17) is 17.2 Å².